The summed E-state index contributed by atoms with van der Waals surface area (Å²) in [6, 6.07) is 6.36. The maximum Gasteiger partial charge on any atom is 0.0931 e. The molecule has 0 spiro atoms. The molecular weight excluding hydrogens is 266 g/mol. The Bertz CT molecular complexity index is 518. The predicted molar refractivity (Wildman–Crippen MR) is 77.5 cm³/mol. The van der Waals surface area contributed by atoms with Crippen LogP contribution in [-0.2, 0) is 13.0 Å². The van der Waals surface area contributed by atoms with E-state index in [1.807, 2.05) is 13.1 Å². The van der Waals surface area contributed by atoms with Gasteiger partial charge >= 0.3 is 0 Å². The van der Waals surface area contributed by atoms with E-state index in [0.29, 0.717) is 0 Å². The highest BCUT2D eigenvalue weighted by atomic mass is 35.5. The van der Waals surface area contributed by atoms with Gasteiger partial charge in [0, 0.05) is 11.4 Å². The molecule has 0 bridgehead atoms. The predicted octanol–water partition coefficient (Wildman–Crippen LogP) is 3.49. The fourth-order valence-corrected chi connectivity index (χ4v) is 3.25. The number of aryl methyl sites for hydroxylation is 2. The van der Waals surface area contributed by atoms with Crippen LogP contribution in [0.2, 0.25) is 4.34 Å². The fourth-order valence-electron chi connectivity index (χ4n) is 2.06. The summed E-state index contributed by atoms with van der Waals surface area (Å²) >= 11 is 7.64. The average molecular weight is 284 g/mol. The molecule has 0 aliphatic carbocycles. The highest BCUT2D eigenvalue weighted by Crippen LogP contribution is 2.31. The highest BCUT2D eigenvalue weighted by molar-refractivity contribution is 7.16. The van der Waals surface area contributed by atoms with E-state index in [1.165, 1.54) is 10.6 Å². The first-order valence-corrected chi connectivity index (χ1v) is 7.38. The van der Waals surface area contributed by atoms with Crippen LogP contribution < -0.4 is 5.32 Å². The van der Waals surface area contributed by atoms with Crippen LogP contribution in [0.15, 0.2) is 18.2 Å². The van der Waals surface area contributed by atoms with Crippen molar-refractivity contribution in [1.29, 1.82) is 0 Å². The van der Waals surface area contributed by atoms with Crippen molar-refractivity contribution in [3.8, 4) is 0 Å². The Morgan fingerprint density at radius 1 is 1.44 bits per heavy atom. The Morgan fingerprint density at radius 2 is 2.22 bits per heavy atom. The minimum Gasteiger partial charge on any atom is -0.307 e. The van der Waals surface area contributed by atoms with Gasteiger partial charge in [-0.15, -0.1) is 11.3 Å². The van der Waals surface area contributed by atoms with Crippen molar-refractivity contribution in [3.63, 3.8) is 0 Å². The van der Waals surface area contributed by atoms with Crippen LogP contribution >= 0.6 is 22.9 Å². The Morgan fingerprint density at radius 3 is 2.72 bits per heavy atom. The molecule has 3 nitrogen and oxygen atoms in total. The summed E-state index contributed by atoms with van der Waals surface area (Å²) in [6.07, 6.45) is 0.960. The van der Waals surface area contributed by atoms with Gasteiger partial charge in [0.1, 0.15) is 0 Å². The SMILES string of the molecule is CCc1cc(C(NC)c2ccc(Cl)s2)n(CC)n1. The smallest absolute Gasteiger partial charge is 0.0931 e. The van der Waals surface area contributed by atoms with E-state index < -0.39 is 0 Å². The second-order valence-electron chi connectivity index (χ2n) is 4.09. The van der Waals surface area contributed by atoms with E-state index in [2.05, 4.69) is 41.1 Å². The van der Waals surface area contributed by atoms with Crippen molar-refractivity contribution in [2.75, 3.05) is 7.05 Å². The number of halogens is 1. The number of thiophene rings is 1. The van der Waals surface area contributed by atoms with E-state index in [0.717, 1.165) is 23.0 Å². The van der Waals surface area contributed by atoms with Crippen LogP contribution in [0.3, 0.4) is 0 Å². The molecule has 0 aliphatic rings. The number of nitrogens with one attached hydrogen (secondary N) is 1. The van der Waals surface area contributed by atoms with Crippen LogP contribution in [0.5, 0.6) is 0 Å². The van der Waals surface area contributed by atoms with Gasteiger partial charge in [0.2, 0.25) is 0 Å². The highest BCUT2D eigenvalue weighted by Gasteiger charge is 2.19. The molecule has 0 aromatic carbocycles. The van der Waals surface area contributed by atoms with Gasteiger partial charge in [-0.1, -0.05) is 18.5 Å². The second-order valence-corrected chi connectivity index (χ2v) is 5.84. The van der Waals surface area contributed by atoms with E-state index in [-0.39, 0.29) is 6.04 Å². The Labute approximate surface area is 117 Å². The molecule has 2 rings (SSSR count). The largest absolute Gasteiger partial charge is 0.307 e. The Kier molecular flexibility index (Phi) is 4.43. The number of aromatic nitrogens is 2. The lowest BCUT2D eigenvalue weighted by atomic mass is 10.1. The van der Waals surface area contributed by atoms with Gasteiger partial charge in [0.15, 0.2) is 0 Å². The average Bonchev–Trinajstić information content (AvgIpc) is 2.97. The molecule has 5 heteroatoms. The number of rotatable bonds is 5. The molecule has 1 atom stereocenters. The maximum absolute atomic E-state index is 6.02. The molecule has 0 amide bonds. The summed E-state index contributed by atoms with van der Waals surface area (Å²) in [6.45, 7) is 5.12. The molecule has 2 heterocycles. The zero-order chi connectivity index (χ0) is 13.1. The van der Waals surface area contributed by atoms with Gasteiger partial charge < -0.3 is 5.32 Å². The molecule has 2 aromatic heterocycles. The first-order chi connectivity index (χ1) is 8.69. The fraction of sp³-hybridized carbons (Fsp3) is 0.462. The zero-order valence-electron chi connectivity index (χ0n) is 10.9. The molecule has 0 fully saturated rings. The number of hydrogen-bond acceptors (Lipinski definition) is 3. The van der Waals surface area contributed by atoms with Gasteiger partial charge in [-0.3, -0.25) is 4.68 Å². The van der Waals surface area contributed by atoms with Crippen molar-refractivity contribution >= 4 is 22.9 Å². The summed E-state index contributed by atoms with van der Waals surface area (Å²) in [5, 5.41) is 7.95. The lowest BCUT2D eigenvalue weighted by Gasteiger charge is -2.15. The van der Waals surface area contributed by atoms with Gasteiger partial charge in [0.25, 0.3) is 0 Å². The van der Waals surface area contributed by atoms with E-state index in [1.54, 1.807) is 11.3 Å². The van der Waals surface area contributed by atoms with Crippen molar-refractivity contribution in [1.82, 2.24) is 15.1 Å². The Hall–Kier alpha value is -0.840. The normalized spacial score (nSPS) is 12.9. The maximum atomic E-state index is 6.02. The van der Waals surface area contributed by atoms with Gasteiger partial charge in [-0.05, 0) is 38.6 Å². The minimum absolute atomic E-state index is 0.162. The molecule has 0 saturated carbocycles. The third-order valence-electron chi connectivity index (χ3n) is 2.99. The van der Waals surface area contributed by atoms with Crippen molar-refractivity contribution in [3.05, 3.63) is 38.8 Å². The molecular formula is C13H18ClN3S. The molecule has 0 radical (unpaired) electrons. The molecule has 2 aromatic rings. The van der Waals surface area contributed by atoms with Crippen LogP contribution in [0.4, 0.5) is 0 Å². The third kappa shape index (κ3) is 2.60. The van der Waals surface area contributed by atoms with Crippen molar-refractivity contribution in [2.45, 2.75) is 32.9 Å². The van der Waals surface area contributed by atoms with Crippen LogP contribution in [0, 0.1) is 0 Å². The minimum atomic E-state index is 0.162. The summed E-state index contributed by atoms with van der Waals surface area (Å²) in [5.41, 5.74) is 2.34. The topological polar surface area (TPSA) is 29.9 Å². The standard InChI is InChI=1S/C13H18ClN3S/c1-4-9-8-10(17(5-2)16-9)13(15-3)11-6-7-12(14)18-11/h6-8,13,15H,4-5H2,1-3H3. The molecule has 98 valence electrons. The molecule has 18 heavy (non-hydrogen) atoms. The van der Waals surface area contributed by atoms with Crippen LogP contribution in [0.1, 0.15) is 36.2 Å². The summed E-state index contributed by atoms with van der Waals surface area (Å²) in [5.74, 6) is 0. The lowest BCUT2D eigenvalue weighted by Crippen LogP contribution is -2.20. The number of hydrogen-bond donors (Lipinski definition) is 1. The molecule has 1 N–H and O–H groups in total. The molecule has 0 aliphatic heterocycles. The number of nitrogens with zero attached hydrogens (tertiary/aromatic N) is 2. The lowest BCUT2D eigenvalue weighted by molar-refractivity contribution is 0.564. The van der Waals surface area contributed by atoms with Crippen LogP contribution in [0.25, 0.3) is 0 Å². The van der Waals surface area contributed by atoms with Gasteiger partial charge in [-0.2, -0.15) is 5.10 Å². The van der Waals surface area contributed by atoms with Crippen molar-refractivity contribution in [2.24, 2.45) is 0 Å². The zero-order valence-corrected chi connectivity index (χ0v) is 12.5. The first kappa shape index (κ1) is 13.6. The molecule has 0 saturated heterocycles. The van der Waals surface area contributed by atoms with Gasteiger partial charge in [0.05, 0.1) is 21.8 Å². The Balaban J connectivity index is 2.40. The quantitative estimate of drug-likeness (QED) is 0.910. The van der Waals surface area contributed by atoms with E-state index >= 15 is 0 Å². The first-order valence-electron chi connectivity index (χ1n) is 6.18. The van der Waals surface area contributed by atoms with E-state index in [9.17, 15) is 0 Å². The third-order valence-corrected chi connectivity index (χ3v) is 4.28. The molecule has 1 unspecified atom stereocenters. The monoisotopic (exact) mass is 283 g/mol. The summed E-state index contributed by atoms with van der Waals surface area (Å²) in [4.78, 5) is 1.22. The second kappa shape index (κ2) is 5.87. The summed E-state index contributed by atoms with van der Waals surface area (Å²) < 4.78 is 2.89. The van der Waals surface area contributed by atoms with Crippen molar-refractivity contribution < 1.29 is 0 Å². The van der Waals surface area contributed by atoms with Crippen LogP contribution in [-0.4, -0.2) is 16.8 Å². The van der Waals surface area contributed by atoms with Gasteiger partial charge in [-0.25, -0.2) is 0 Å². The summed E-state index contributed by atoms with van der Waals surface area (Å²) in [7, 11) is 1.97. The van der Waals surface area contributed by atoms with E-state index in [4.69, 9.17) is 11.6 Å².